The number of anilines is 1. The highest BCUT2D eigenvalue weighted by Gasteiger charge is 2.39. The minimum absolute atomic E-state index is 0.0270. The molecule has 1 heterocycles. The van der Waals surface area contributed by atoms with E-state index in [1.807, 2.05) is 38.1 Å². The van der Waals surface area contributed by atoms with Gasteiger partial charge in [-0.1, -0.05) is 53.6 Å². The fourth-order valence-electron chi connectivity index (χ4n) is 2.64. The van der Waals surface area contributed by atoms with Crippen LogP contribution in [-0.2, 0) is 9.59 Å². The van der Waals surface area contributed by atoms with Crippen molar-refractivity contribution in [2.75, 3.05) is 4.90 Å². The van der Waals surface area contributed by atoms with E-state index >= 15 is 0 Å². The van der Waals surface area contributed by atoms with Crippen molar-refractivity contribution in [1.82, 2.24) is 0 Å². The number of hydrogen-bond donors (Lipinski definition) is 0. The van der Waals surface area contributed by atoms with Crippen LogP contribution in [0.3, 0.4) is 0 Å². The molecule has 0 fully saturated rings. The average molecular weight is 312 g/mol. The summed E-state index contributed by atoms with van der Waals surface area (Å²) in [5, 5.41) is -0.0270. The van der Waals surface area contributed by atoms with Crippen LogP contribution in [0.5, 0.6) is 0 Å². The fraction of sp³-hybridized carbons (Fsp3) is 0.111. The largest absolute Gasteiger partial charge is 0.277 e. The van der Waals surface area contributed by atoms with Gasteiger partial charge < -0.3 is 0 Å². The van der Waals surface area contributed by atoms with Gasteiger partial charge in [-0.2, -0.15) is 0 Å². The van der Waals surface area contributed by atoms with Crippen molar-refractivity contribution in [2.45, 2.75) is 13.8 Å². The first kappa shape index (κ1) is 14.5. The molecule has 2 aromatic rings. The van der Waals surface area contributed by atoms with E-state index in [0.717, 1.165) is 16.0 Å². The number of hydrogen-bond acceptors (Lipinski definition) is 2. The van der Waals surface area contributed by atoms with Crippen LogP contribution >= 0.6 is 11.6 Å². The number of carbonyl (C=O) groups excluding carboxylic acids is 2. The first-order valence-corrected chi connectivity index (χ1v) is 7.29. The molecule has 3 rings (SSSR count). The molecule has 3 nitrogen and oxygen atoms in total. The molecule has 1 aliphatic heterocycles. The minimum atomic E-state index is -0.479. The Morgan fingerprint density at radius 2 is 1.59 bits per heavy atom. The second-order valence-electron chi connectivity index (χ2n) is 5.29. The van der Waals surface area contributed by atoms with Gasteiger partial charge in [0.1, 0.15) is 5.03 Å². The van der Waals surface area contributed by atoms with Gasteiger partial charge in [-0.15, -0.1) is 0 Å². The van der Waals surface area contributed by atoms with Crippen LogP contribution in [-0.4, -0.2) is 11.8 Å². The molecular weight excluding hydrogens is 298 g/mol. The standard InChI is InChI=1S/C18H14ClNO2/c1-11-8-9-14(12(2)10-11)15-16(19)18(22)20(17(15)21)13-6-4-3-5-7-13/h3-10H,1-2H3. The van der Waals surface area contributed by atoms with E-state index in [1.54, 1.807) is 24.3 Å². The number of carbonyl (C=O) groups is 2. The number of imide groups is 1. The van der Waals surface area contributed by atoms with E-state index < -0.39 is 5.91 Å². The van der Waals surface area contributed by atoms with Crippen LogP contribution in [0.4, 0.5) is 5.69 Å². The van der Waals surface area contributed by atoms with E-state index in [0.29, 0.717) is 11.3 Å². The Labute approximate surface area is 133 Å². The lowest BCUT2D eigenvalue weighted by molar-refractivity contribution is -0.119. The van der Waals surface area contributed by atoms with Crippen molar-refractivity contribution < 1.29 is 9.59 Å². The van der Waals surface area contributed by atoms with Crippen LogP contribution in [0.2, 0.25) is 0 Å². The van der Waals surface area contributed by atoms with E-state index in [2.05, 4.69) is 0 Å². The van der Waals surface area contributed by atoms with Gasteiger partial charge in [0.25, 0.3) is 11.8 Å². The predicted molar refractivity (Wildman–Crippen MR) is 87.6 cm³/mol. The van der Waals surface area contributed by atoms with Gasteiger partial charge in [-0.05, 0) is 37.1 Å². The van der Waals surface area contributed by atoms with Gasteiger partial charge in [0.2, 0.25) is 0 Å². The molecular formula is C18H14ClNO2. The molecule has 0 bridgehead atoms. The monoisotopic (exact) mass is 311 g/mol. The molecule has 0 saturated heterocycles. The summed E-state index contributed by atoms with van der Waals surface area (Å²) >= 11 is 6.18. The van der Waals surface area contributed by atoms with E-state index in [9.17, 15) is 9.59 Å². The molecule has 0 saturated carbocycles. The zero-order chi connectivity index (χ0) is 15.9. The lowest BCUT2D eigenvalue weighted by Gasteiger charge is -2.15. The quantitative estimate of drug-likeness (QED) is 0.791. The molecule has 2 aromatic carbocycles. The maximum Gasteiger partial charge on any atom is 0.277 e. The molecule has 4 heteroatoms. The second kappa shape index (κ2) is 5.43. The van der Waals surface area contributed by atoms with Gasteiger partial charge in [0.15, 0.2) is 0 Å². The highest BCUT2D eigenvalue weighted by molar-refractivity contribution is 6.60. The Balaban J connectivity index is 2.10. The van der Waals surface area contributed by atoms with Crippen molar-refractivity contribution in [3.05, 3.63) is 70.3 Å². The van der Waals surface area contributed by atoms with Crippen molar-refractivity contribution in [2.24, 2.45) is 0 Å². The zero-order valence-electron chi connectivity index (χ0n) is 12.3. The van der Waals surface area contributed by atoms with E-state index in [-0.39, 0.29) is 16.5 Å². The Bertz CT molecular complexity index is 809. The van der Waals surface area contributed by atoms with E-state index in [4.69, 9.17) is 11.6 Å². The molecule has 110 valence electrons. The molecule has 0 atom stereocenters. The van der Waals surface area contributed by atoms with Crippen LogP contribution in [0.25, 0.3) is 5.57 Å². The lowest BCUT2D eigenvalue weighted by Crippen LogP contribution is -2.31. The number of halogens is 1. The van der Waals surface area contributed by atoms with Gasteiger partial charge in [0, 0.05) is 0 Å². The van der Waals surface area contributed by atoms with Crippen LogP contribution in [0, 0.1) is 13.8 Å². The summed E-state index contributed by atoms with van der Waals surface area (Å²) in [6.45, 7) is 3.88. The SMILES string of the molecule is Cc1ccc(C2=C(Cl)C(=O)N(c3ccccc3)C2=O)c(C)c1. The minimum Gasteiger partial charge on any atom is -0.268 e. The number of rotatable bonds is 2. The normalized spacial score (nSPS) is 15.0. The number of benzene rings is 2. The van der Waals surface area contributed by atoms with Gasteiger partial charge >= 0.3 is 0 Å². The molecule has 0 N–H and O–H groups in total. The lowest BCUT2D eigenvalue weighted by atomic mass is 9.99. The van der Waals surface area contributed by atoms with E-state index in [1.165, 1.54) is 0 Å². The molecule has 0 radical (unpaired) electrons. The van der Waals surface area contributed by atoms with Gasteiger partial charge in [-0.25, -0.2) is 4.90 Å². The molecule has 0 spiro atoms. The summed E-state index contributed by atoms with van der Waals surface area (Å²) in [5.41, 5.74) is 3.51. The highest BCUT2D eigenvalue weighted by atomic mass is 35.5. The third-order valence-electron chi connectivity index (χ3n) is 3.69. The number of amides is 2. The summed E-state index contributed by atoms with van der Waals surface area (Å²) < 4.78 is 0. The third kappa shape index (κ3) is 2.24. The molecule has 0 aromatic heterocycles. The predicted octanol–water partition coefficient (Wildman–Crippen LogP) is 3.83. The average Bonchev–Trinajstić information content (AvgIpc) is 2.71. The van der Waals surface area contributed by atoms with Crippen LogP contribution in [0.1, 0.15) is 16.7 Å². The van der Waals surface area contributed by atoms with Gasteiger partial charge in [-0.3, -0.25) is 9.59 Å². The van der Waals surface area contributed by atoms with Gasteiger partial charge in [0.05, 0.1) is 11.3 Å². The number of nitrogens with zero attached hydrogens (tertiary/aromatic N) is 1. The third-order valence-corrected chi connectivity index (χ3v) is 4.04. The first-order valence-electron chi connectivity index (χ1n) is 6.92. The summed E-state index contributed by atoms with van der Waals surface area (Å²) in [6, 6.07) is 14.5. The Morgan fingerprint density at radius 3 is 2.23 bits per heavy atom. The molecule has 22 heavy (non-hydrogen) atoms. The summed E-state index contributed by atoms with van der Waals surface area (Å²) in [7, 11) is 0. The number of para-hydroxylation sites is 1. The summed E-state index contributed by atoms with van der Waals surface area (Å²) in [4.78, 5) is 26.2. The molecule has 0 aliphatic carbocycles. The second-order valence-corrected chi connectivity index (χ2v) is 5.67. The molecule has 1 aliphatic rings. The topological polar surface area (TPSA) is 37.4 Å². The van der Waals surface area contributed by atoms with Crippen molar-refractivity contribution in [1.29, 1.82) is 0 Å². The Morgan fingerprint density at radius 1 is 0.909 bits per heavy atom. The zero-order valence-corrected chi connectivity index (χ0v) is 13.0. The van der Waals surface area contributed by atoms with Crippen LogP contribution < -0.4 is 4.90 Å². The summed E-state index contributed by atoms with van der Waals surface area (Å²) in [5.74, 6) is -0.860. The highest BCUT2D eigenvalue weighted by Crippen LogP contribution is 2.36. The van der Waals surface area contributed by atoms with Crippen molar-refractivity contribution in [3.63, 3.8) is 0 Å². The smallest absolute Gasteiger partial charge is 0.268 e. The molecule has 2 amide bonds. The number of aryl methyl sites for hydroxylation is 2. The van der Waals surface area contributed by atoms with Crippen molar-refractivity contribution in [3.8, 4) is 0 Å². The molecule has 0 unspecified atom stereocenters. The maximum atomic E-state index is 12.7. The fourth-order valence-corrected chi connectivity index (χ4v) is 2.91. The Hall–Kier alpha value is -2.39. The first-order chi connectivity index (χ1) is 10.5. The van der Waals surface area contributed by atoms with Crippen molar-refractivity contribution >= 4 is 34.7 Å². The van der Waals surface area contributed by atoms with Crippen LogP contribution in [0.15, 0.2) is 53.6 Å². The Kier molecular flexibility index (Phi) is 3.59. The maximum absolute atomic E-state index is 12.7. The summed E-state index contributed by atoms with van der Waals surface area (Å²) in [6.07, 6.45) is 0.